The molecule has 0 bridgehead atoms. The summed E-state index contributed by atoms with van der Waals surface area (Å²) in [7, 11) is 0. The molecule has 0 aliphatic rings. The van der Waals surface area contributed by atoms with Crippen molar-refractivity contribution in [3.05, 3.63) is 57.3 Å². The topological polar surface area (TPSA) is 0 Å². The number of hydrogen-bond donors (Lipinski definition) is 0. The smallest absolute Gasteiger partial charge is 0.0931 e. The second-order valence-electron chi connectivity index (χ2n) is 4.52. The van der Waals surface area contributed by atoms with Crippen LogP contribution in [0.5, 0.6) is 0 Å². The van der Waals surface area contributed by atoms with Gasteiger partial charge in [-0.2, -0.15) is 0 Å². The Morgan fingerprint density at radius 1 is 1.06 bits per heavy atom. The molecule has 18 heavy (non-hydrogen) atoms. The standard InChI is InChI=1S/C15H13ClS2/c1-9-3-4-10(2)11(7-9)15(16)14-8-13-12(18-14)5-6-17-13/h3-8,15H,1-2H3. The van der Waals surface area contributed by atoms with E-state index in [4.69, 9.17) is 11.6 Å². The lowest BCUT2D eigenvalue weighted by Gasteiger charge is -2.12. The van der Waals surface area contributed by atoms with Crippen molar-refractivity contribution in [2.45, 2.75) is 19.2 Å². The van der Waals surface area contributed by atoms with Crippen LogP contribution in [0.25, 0.3) is 9.40 Å². The minimum Gasteiger partial charge on any atom is -0.143 e. The molecule has 2 heterocycles. The normalized spacial score (nSPS) is 13.1. The molecule has 0 N–H and O–H groups in total. The van der Waals surface area contributed by atoms with Crippen molar-refractivity contribution in [2.75, 3.05) is 0 Å². The van der Waals surface area contributed by atoms with Crippen LogP contribution in [0.1, 0.15) is 26.9 Å². The van der Waals surface area contributed by atoms with E-state index in [1.165, 1.54) is 31.0 Å². The highest BCUT2D eigenvalue weighted by molar-refractivity contribution is 7.27. The van der Waals surface area contributed by atoms with Crippen LogP contribution in [0, 0.1) is 13.8 Å². The van der Waals surface area contributed by atoms with E-state index < -0.39 is 0 Å². The fraction of sp³-hybridized carbons (Fsp3) is 0.200. The van der Waals surface area contributed by atoms with Crippen LogP contribution < -0.4 is 0 Å². The summed E-state index contributed by atoms with van der Waals surface area (Å²) in [5.41, 5.74) is 3.75. The van der Waals surface area contributed by atoms with Crippen molar-refractivity contribution in [1.82, 2.24) is 0 Å². The van der Waals surface area contributed by atoms with E-state index in [9.17, 15) is 0 Å². The SMILES string of the molecule is Cc1ccc(C)c(C(Cl)c2cc3sccc3s2)c1. The van der Waals surface area contributed by atoms with Gasteiger partial charge in [0.1, 0.15) is 0 Å². The predicted molar refractivity (Wildman–Crippen MR) is 83.3 cm³/mol. The molecule has 2 aromatic heterocycles. The summed E-state index contributed by atoms with van der Waals surface area (Å²) < 4.78 is 2.68. The summed E-state index contributed by atoms with van der Waals surface area (Å²) in [6, 6.07) is 10.9. The van der Waals surface area contributed by atoms with E-state index in [2.05, 4.69) is 49.6 Å². The fourth-order valence-electron chi connectivity index (χ4n) is 2.10. The molecule has 0 saturated carbocycles. The summed E-state index contributed by atoms with van der Waals surface area (Å²) in [6.45, 7) is 4.24. The van der Waals surface area contributed by atoms with E-state index in [0.29, 0.717) is 0 Å². The van der Waals surface area contributed by atoms with Gasteiger partial charge in [-0.15, -0.1) is 34.3 Å². The first-order chi connectivity index (χ1) is 8.65. The van der Waals surface area contributed by atoms with E-state index in [-0.39, 0.29) is 5.38 Å². The Morgan fingerprint density at radius 2 is 1.89 bits per heavy atom. The maximum atomic E-state index is 6.65. The van der Waals surface area contributed by atoms with Crippen LogP contribution >= 0.6 is 34.3 Å². The van der Waals surface area contributed by atoms with Gasteiger partial charge < -0.3 is 0 Å². The average Bonchev–Trinajstić information content (AvgIpc) is 2.91. The first-order valence-corrected chi connectivity index (χ1v) is 7.96. The molecule has 3 rings (SSSR count). The molecule has 3 aromatic rings. The van der Waals surface area contributed by atoms with Crippen molar-refractivity contribution in [1.29, 1.82) is 0 Å². The molecule has 1 aromatic carbocycles. The third kappa shape index (κ3) is 2.09. The van der Waals surface area contributed by atoms with Crippen molar-refractivity contribution in [2.24, 2.45) is 0 Å². The lowest BCUT2D eigenvalue weighted by molar-refractivity contribution is 1.14. The van der Waals surface area contributed by atoms with Crippen LogP contribution in [0.3, 0.4) is 0 Å². The Labute approximate surface area is 120 Å². The molecular formula is C15H13ClS2. The van der Waals surface area contributed by atoms with Gasteiger partial charge in [-0.3, -0.25) is 0 Å². The molecule has 0 nitrogen and oxygen atoms in total. The fourth-order valence-corrected chi connectivity index (χ4v) is 4.64. The third-order valence-electron chi connectivity index (χ3n) is 3.12. The Balaban J connectivity index is 2.05. The molecule has 0 aliphatic carbocycles. The van der Waals surface area contributed by atoms with Gasteiger partial charge in [-0.05, 0) is 42.5 Å². The number of thiophene rings is 2. The first kappa shape index (κ1) is 12.2. The number of benzene rings is 1. The zero-order valence-electron chi connectivity index (χ0n) is 10.2. The zero-order chi connectivity index (χ0) is 12.7. The van der Waals surface area contributed by atoms with E-state index in [1.54, 1.807) is 22.7 Å². The molecule has 0 aliphatic heterocycles. The molecule has 0 spiro atoms. The summed E-state index contributed by atoms with van der Waals surface area (Å²) in [5.74, 6) is 0. The van der Waals surface area contributed by atoms with Crippen molar-refractivity contribution in [3.63, 3.8) is 0 Å². The second kappa shape index (κ2) is 4.69. The predicted octanol–water partition coefficient (Wildman–Crippen LogP) is 5.91. The van der Waals surface area contributed by atoms with E-state index in [0.717, 1.165) is 0 Å². The Hall–Kier alpha value is -0.830. The molecule has 1 atom stereocenters. The van der Waals surface area contributed by atoms with Gasteiger partial charge in [-0.1, -0.05) is 23.8 Å². The van der Waals surface area contributed by atoms with Gasteiger partial charge >= 0.3 is 0 Å². The highest BCUT2D eigenvalue weighted by atomic mass is 35.5. The summed E-state index contributed by atoms with van der Waals surface area (Å²) in [4.78, 5) is 1.24. The van der Waals surface area contributed by atoms with Gasteiger partial charge in [0.25, 0.3) is 0 Å². The van der Waals surface area contributed by atoms with Crippen LogP contribution in [-0.4, -0.2) is 0 Å². The second-order valence-corrected chi connectivity index (χ2v) is 7.02. The third-order valence-corrected chi connectivity index (χ3v) is 5.87. The van der Waals surface area contributed by atoms with Gasteiger partial charge in [0.05, 0.1) is 5.38 Å². The Kier molecular flexibility index (Phi) is 3.18. The highest BCUT2D eigenvalue weighted by Crippen LogP contribution is 2.40. The quantitative estimate of drug-likeness (QED) is 0.515. The number of alkyl halides is 1. The first-order valence-electron chi connectivity index (χ1n) is 5.83. The average molecular weight is 293 g/mol. The zero-order valence-corrected chi connectivity index (χ0v) is 12.6. The minimum absolute atomic E-state index is 0.0329. The highest BCUT2D eigenvalue weighted by Gasteiger charge is 2.16. The number of rotatable bonds is 2. The van der Waals surface area contributed by atoms with Gasteiger partial charge in [0, 0.05) is 14.3 Å². The summed E-state index contributed by atoms with van der Waals surface area (Å²) >= 11 is 10.2. The van der Waals surface area contributed by atoms with E-state index in [1.807, 2.05) is 0 Å². The molecule has 0 radical (unpaired) electrons. The number of hydrogen-bond acceptors (Lipinski definition) is 2. The molecule has 1 unspecified atom stereocenters. The van der Waals surface area contributed by atoms with Crippen molar-refractivity contribution >= 4 is 43.7 Å². The lowest BCUT2D eigenvalue weighted by Crippen LogP contribution is -1.94. The Morgan fingerprint density at radius 3 is 2.67 bits per heavy atom. The van der Waals surface area contributed by atoms with Gasteiger partial charge in [0.15, 0.2) is 0 Å². The molecule has 3 heteroatoms. The summed E-state index contributed by atoms with van der Waals surface area (Å²) in [5, 5.41) is 2.10. The minimum atomic E-state index is -0.0329. The largest absolute Gasteiger partial charge is 0.143 e. The molecule has 0 saturated heterocycles. The molecule has 0 amide bonds. The van der Waals surface area contributed by atoms with Crippen LogP contribution in [-0.2, 0) is 0 Å². The van der Waals surface area contributed by atoms with E-state index >= 15 is 0 Å². The van der Waals surface area contributed by atoms with Crippen LogP contribution in [0.2, 0.25) is 0 Å². The van der Waals surface area contributed by atoms with Crippen LogP contribution in [0.4, 0.5) is 0 Å². The van der Waals surface area contributed by atoms with Gasteiger partial charge in [0.2, 0.25) is 0 Å². The maximum Gasteiger partial charge on any atom is 0.0931 e. The van der Waals surface area contributed by atoms with Crippen molar-refractivity contribution < 1.29 is 0 Å². The molecule has 92 valence electrons. The van der Waals surface area contributed by atoms with Gasteiger partial charge in [-0.25, -0.2) is 0 Å². The maximum absolute atomic E-state index is 6.65. The Bertz CT molecular complexity index is 665. The number of fused-ring (bicyclic) bond motifs is 1. The molecule has 0 fully saturated rings. The van der Waals surface area contributed by atoms with Crippen molar-refractivity contribution in [3.8, 4) is 0 Å². The molecular weight excluding hydrogens is 280 g/mol. The summed E-state index contributed by atoms with van der Waals surface area (Å²) in [6.07, 6.45) is 0. The van der Waals surface area contributed by atoms with Crippen LogP contribution in [0.15, 0.2) is 35.7 Å². The monoisotopic (exact) mass is 292 g/mol. The lowest BCUT2D eigenvalue weighted by atomic mass is 10.0. The number of halogens is 1. The number of aryl methyl sites for hydroxylation is 2.